The highest BCUT2D eigenvalue weighted by Gasteiger charge is 2.47. The number of piperazine rings is 1. The Labute approximate surface area is 208 Å². The first-order valence-corrected chi connectivity index (χ1v) is 13.3. The Balaban J connectivity index is 1.24. The van der Waals surface area contributed by atoms with Gasteiger partial charge in [0.2, 0.25) is 5.91 Å². The highest BCUT2D eigenvalue weighted by Crippen LogP contribution is 2.53. The summed E-state index contributed by atoms with van der Waals surface area (Å²) in [5, 5.41) is 13.5. The molecule has 6 rings (SSSR count). The van der Waals surface area contributed by atoms with E-state index in [0.717, 1.165) is 60.6 Å². The molecule has 4 aromatic heterocycles. The molecule has 5 heterocycles. The number of pyridine rings is 1. The van der Waals surface area contributed by atoms with Crippen molar-refractivity contribution >= 4 is 33.1 Å². The number of carbonyl (C=O) groups is 1. The predicted octanol–water partition coefficient (Wildman–Crippen LogP) is 3.61. The molecule has 0 bridgehead atoms. The summed E-state index contributed by atoms with van der Waals surface area (Å²) in [6, 6.07) is 4.45. The van der Waals surface area contributed by atoms with E-state index in [-0.39, 0.29) is 12.5 Å². The molecule has 2 atom stereocenters. The smallest absolute Gasteiger partial charge is 0.226 e. The van der Waals surface area contributed by atoms with E-state index in [1.807, 2.05) is 26.9 Å². The van der Waals surface area contributed by atoms with Crippen LogP contribution in [0.5, 0.6) is 0 Å². The number of rotatable bonds is 6. The molecule has 2 N–H and O–H groups in total. The molecule has 1 aliphatic heterocycles. The molecule has 2 fully saturated rings. The molecule has 4 aromatic rings. The Bertz CT molecular complexity index is 1390. The summed E-state index contributed by atoms with van der Waals surface area (Å²) >= 11 is 1.85. The van der Waals surface area contributed by atoms with Crippen molar-refractivity contribution in [1.82, 2.24) is 29.4 Å². The van der Waals surface area contributed by atoms with Gasteiger partial charge in [-0.2, -0.15) is 5.10 Å². The van der Waals surface area contributed by atoms with Gasteiger partial charge in [-0.25, -0.2) is 9.50 Å². The van der Waals surface area contributed by atoms with Crippen molar-refractivity contribution in [1.29, 1.82) is 0 Å². The summed E-state index contributed by atoms with van der Waals surface area (Å²) in [6.07, 6.45) is 4.59. The number of aliphatic hydroxyl groups excluding tert-OH is 1. The van der Waals surface area contributed by atoms with Crippen LogP contribution in [-0.4, -0.2) is 79.7 Å². The third-order valence-corrected chi connectivity index (χ3v) is 8.82. The van der Waals surface area contributed by atoms with Crippen LogP contribution in [0.15, 0.2) is 24.7 Å². The molecular weight excluding hydrogens is 460 g/mol. The summed E-state index contributed by atoms with van der Waals surface area (Å²) in [5.41, 5.74) is 6.75. The molecule has 1 amide bonds. The van der Waals surface area contributed by atoms with Gasteiger partial charge in [0.25, 0.3) is 0 Å². The second-order valence-corrected chi connectivity index (χ2v) is 11.3. The minimum Gasteiger partial charge on any atom is -0.395 e. The molecule has 2 aliphatic rings. The number of thiophene rings is 1. The lowest BCUT2D eigenvalue weighted by Crippen LogP contribution is -2.49. The Morgan fingerprint density at radius 3 is 2.80 bits per heavy atom. The number of nitrogens with zero attached hydrogens (tertiary/aromatic N) is 5. The van der Waals surface area contributed by atoms with Crippen LogP contribution in [0.1, 0.15) is 48.1 Å². The van der Waals surface area contributed by atoms with Crippen molar-refractivity contribution in [3.05, 3.63) is 40.7 Å². The predicted molar refractivity (Wildman–Crippen MR) is 138 cm³/mol. The standard InChI is InChI=1S/C26H32N6O2S/c1-15(2)22-23(17-10-16(3)25-27-14-28-32(25)13-17)29-20-12-21(35-24(20)22)18-11-19(18)26(34)31-6-4-30(5-7-31)8-9-33/h10,12-15,18-19,29,33H,4-9,11H2,1-3H3. The lowest BCUT2D eigenvalue weighted by atomic mass is 9.99. The Hall–Kier alpha value is -2.75. The van der Waals surface area contributed by atoms with Gasteiger partial charge in [-0.1, -0.05) is 13.8 Å². The monoisotopic (exact) mass is 492 g/mol. The third kappa shape index (κ3) is 3.95. The molecule has 0 spiro atoms. The first-order valence-electron chi connectivity index (χ1n) is 12.5. The summed E-state index contributed by atoms with van der Waals surface area (Å²) in [7, 11) is 0. The fourth-order valence-electron chi connectivity index (χ4n) is 5.56. The highest BCUT2D eigenvalue weighted by molar-refractivity contribution is 7.19. The molecule has 0 aromatic carbocycles. The Morgan fingerprint density at radius 2 is 2.06 bits per heavy atom. The van der Waals surface area contributed by atoms with Crippen LogP contribution in [0.2, 0.25) is 0 Å². The van der Waals surface area contributed by atoms with Crippen LogP contribution in [0.3, 0.4) is 0 Å². The Kier molecular flexibility index (Phi) is 5.66. The number of fused-ring (bicyclic) bond motifs is 2. The van der Waals surface area contributed by atoms with Crippen molar-refractivity contribution in [2.45, 2.75) is 39.0 Å². The van der Waals surface area contributed by atoms with E-state index in [9.17, 15) is 4.79 Å². The molecule has 1 saturated carbocycles. The quantitative estimate of drug-likeness (QED) is 0.429. The number of hydrogen-bond acceptors (Lipinski definition) is 6. The zero-order valence-corrected chi connectivity index (χ0v) is 21.3. The van der Waals surface area contributed by atoms with E-state index in [1.54, 1.807) is 6.33 Å². The maximum Gasteiger partial charge on any atom is 0.226 e. The zero-order valence-electron chi connectivity index (χ0n) is 20.5. The number of β-amino-alcohol motifs (C(OH)–C–C–N with tert-alkyl or cyclic N) is 1. The van der Waals surface area contributed by atoms with Gasteiger partial charge in [0.1, 0.15) is 6.33 Å². The molecule has 2 unspecified atom stereocenters. The summed E-state index contributed by atoms with van der Waals surface area (Å²) < 4.78 is 3.15. The number of aryl methyl sites for hydroxylation is 1. The molecule has 9 heteroatoms. The molecule has 184 valence electrons. The molecule has 8 nitrogen and oxygen atoms in total. The summed E-state index contributed by atoms with van der Waals surface area (Å²) in [6.45, 7) is 10.7. The number of amides is 1. The van der Waals surface area contributed by atoms with Gasteiger partial charge in [-0.15, -0.1) is 11.3 Å². The minimum absolute atomic E-state index is 0.112. The van der Waals surface area contributed by atoms with E-state index in [4.69, 9.17) is 5.11 Å². The number of H-pyrrole nitrogens is 1. The topological polar surface area (TPSA) is 89.8 Å². The second kappa shape index (κ2) is 8.72. The number of aromatic amines is 1. The van der Waals surface area contributed by atoms with Gasteiger partial charge in [-0.3, -0.25) is 9.69 Å². The van der Waals surface area contributed by atoms with Crippen LogP contribution in [0.4, 0.5) is 0 Å². The fraction of sp³-hybridized carbons (Fsp3) is 0.500. The van der Waals surface area contributed by atoms with Gasteiger partial charge in [0.05, 0.1) is 22.5 Å². The maximum atomic E-state index is 13.1. The molecular formula is C26H32N6O2S. The van der Waals surface area contributed by atoms with Gasteiger partial charge < -0.3 is 15.0 Å². The lowest BCUT2D eigenvalue weighted by molar-refractivity contribution is -0.134. The normalized spacial score (nSPS) is 21.0. The maximum absolute atomic E-state index is 13.1. The zero-order chi connectivity index (χ0) is 24.3. The number of aliphatic hydroxyl groups is 1. The van der Waals surface area contributed by atoms with Crippen LogP contribution in [-0.2, 0) is 4.79 Å². The van der Waals surface area contributed by atoms with E-state index in [1.165, 1.54) is 15.1 Å². The average molecular weight is 493 g/mol. The van der Waals surface area contributed by atoms with Crippen LogP contribution in [0.25, 0.3) is 27.1 Å². The molecule has 1 saturated heterocycles. The summed E-state index contributed by atoms with van der Waals surface area (Å²) in [4.78, 5) is 26.8. The van der Waals surface area contributed by atoms with Crippen molar-refractivity contribution in [2.75, 3.05) is 39.3 Å². The van der Waals surface area contributed by atoms with Gasteiger partial charge >= 0.3 is 0 Å². The van der Waals surface area contributed by atoms with E-state index >= 15 is 0 Å². The molecule has 35 heavy (non-hydrogen) atoms. The van der Waals surface area contributed by atoms with E-state index < -0.39 is 0 Å². The first kappa shape index (κ1) is 22.7. The van der Waals surface area contributed by atoms with Crippen LogP contribution < -0.4 is 0 Å². The van der Waals surface area contributed by atoms with E-state index in [2.05, 4.69) is 52.9 Å². The largest absolute Gasteiger partial charge is 0.395 e. The lowest BCUT2D eigenvalue weighted by Gasteiger charge is -2.34. The number of carbonyl (C=O) groups excluding carboxylic acids is 1. The average Bonchev–Trinajstić information content (AvgIpc) is 3.15. The summed E-state index contributed by atoms with van der Waals surface area (Å²) in [5.74, 6) is 1.11. The van der Waals surface area contributed by atoms with E-state index in [0.29, 0.717) is 24.3 Å². The van der Waals surface area contributed by atoms with Gasteiger partial charge in [0.15, 0.2) is 5.65 Å². The van der Waals surface area contributed by atoms with Crippen molar-refractivity contribution in [3.63, 3.8) is 0 Å². The number of nitrogens with one attached hydrogen (secondary N) is 1. The van der Waals surface area contributed by atoms with Crippen molar-refractivity contribution in [3.8, 4) is 11.3 Å². The highest BCUT2D eigenvalue weighted by atomic mass is 32.1. The molecule has 0 radical (unpaired) electrons. The van der Waals surface area contributed by atoms with Crippen LogP contribution >= 0.6 is 11.3 Å². The Morgan fingerprint density at radius 1 is 1.26 bits per heavy atom. The van der Waals surface area contributed by atoms with Gasteiger partial charge in [0, 0.05) is 61.2 Å². The second-order valence-electron chi connectivity index (χ2n) is 10.2. The van der Waals surface area contributed by atoms with Crippen LogP contribution in [0, 0.1) is 12.8 Å². The van der Waals surface area contributed by atoms with Gasteiger partial charge in [-0.05, 0) is 42.5 Å². The number of hydrogen-bond donors (Lipinski definition) is 2. The minimum atomic E-state index is 0.112. The van der Waals surface area contributed by atoms with Crippen molar-refractivity contribution < 1.29 is 9.90 Å². The molecule has 1 aliphatic carbocycles. The first-order chi connectivity index (χ1) is 16.9. The van der Waals surface area contributed by atoms with Crippen molar-refractivity contribution in [2.24, 2.45) is 5.92 Å². The number of aromatic nitrogens is 4. The fourth-order valence-corrected chi connectivity index (χ4v) is 7.05. The third-order valence-electron chi connectivity index (χ3n) is 7.52. The SMILES string of the molecule is Cc1cc(-c2[nH]c3cc(C4CC4C(=O)N4CCN(CCO)CC4)sc3c2C(C)C)cn2ncnc12.